The first-order chi connectivity index (χ1) is 9.52. The van der Waals surface area contributed by atoms with Crippen molar-refractivity contribution < 1.29 is 14.6 Å². The van der Waals surface area contributed by atoms with E-state index in [9.17, 15) is 20.2 Å². The van der Waals surface area contributed by atoms with Crippen LogP contribution in [0.2, 0.25) is 0 Å². The molecule has 20 heavy (non-hydrogen) atoms. The quantitative estimate of drug-likeness (QED) is 0.593. The largest absolute Gasteiger partial charge is 0.485 e. The van der Waals surface area contributed by atoms with Gasteiger partial charge in [0.1, 0.15) is 0 Å². The maximum absolute atomic E-state index is 11.0. The van der Waals surface area contributed by atoms with Crippen molar-refractivity contribution in [2.24, 2.45) is 0 Å². The second-order valence-electron chi connectivity index (χ2n) is 3.78. The number of hydrogen-bond donors (Lipinski definition) is 0. The summed E-state index contributed by atoms with van der Waals surface area (Å²) in [6.07, 6.45) is 2.98. The van der Waals surface area contributed by atoms with Gasteiger partial charge in [-0.25, -0.2) is 4.68 Å². The molecule has 0 aliphatic carbocycles. The number of benzene rings is 1. The number of ether oxygens (including phenoxy) is 1. The maximum Gasteiger partial charge on any atom is 0.318 e. The molecule has 0 spiro atoms. The predicted molar refractivity (Wildman–Crippen MR) is 65.4 cm³/mol. The molecule has 0 unspecified atom stereocenters. The number of nitro benzene ring substituents is 2. The Morgan fingerprint density at radius 2 is 1.85 bits per heavy atom. The summed E-state index contributed by atoms with van der Waals surface area (Å²) in [6.45, 7) is 0.131. The van der Waals surface area contributed by atoms with Gasteiger partial charge in [0.25, 0.3) is 5.75 Å². The van der Waals surface area contributed by atoms with Crippen molar-refractivity contribution in [1.82, 2.24) is 15.0 Å². The molecule has 0 radical (unpaired) electrons. The Morgan fingerprint density at radius 3 is 2.25 bits per heavy atom. The molecule has 2 aromatic rings. The first-order valence-corrected chi connectivity index (χ1v) is 5.36. The Labute approximate surface area is 111 Å². The van der Waals surface area contributed by atoms with E-state index < -0.39 is 21.2 Å². The van der Waals surface area contributed by atoms with Crippen LogP contribution in [0.25, 0.3) is 0 Å². The van der Waals surface area contributed by atoms with Gasteiger partial charge in [0.15, 0.2) is 0 Å². The van der Waals surface area contributed by atoms with E-state index in [0.717, 1.165) is 7.11 Å². The molecule has 1 aromatic carbocycles. The normalized spacial score (nSPS) is 10.2. The van der Waals surface area contributed by atoms with Crippen LogP contribution in [-0.2, 0) is 6.54 Å². The molecule has 0 N–H and O–H groups in total. The summed E-state index contributed by atoms with van der Waals surface area (Å²) in [5.74, 6) is -0.373. The summed E-state index contributed by atoms with van der Waals surface area (Å²) < 4.78 is 6.17. The van der Waals surface area contributed by atoms with Crippen LogP contribution in [0.4, 0.5) is 11.4 Å². The van der Waals surface area contributed by atoms with E-state index in [1.807, 2.05) is 0 Å². The van der Waals surface area contributed by atoms with Crippen LogP contribution in [0.3, 0.4) is 0 Å². The van der Waals surface area contributed by atoms with Crippen LogP contribution in [0, 0.1) is 20.2 Å². The molecule has 0 fully saturated rings. The average molecular weight is 279 g/mol. The van der Waals surface area contributed by atoms with E-state index in [1.165, 1.54) is 23.0 Å². The zero-order chi connectivity index (χ0) is 14.7. The Morgan fingerprint density at radius 1 is 1.25 bits per heavy atom. The minimum atomic E-state index is -0.726. The van der Waals surface area contributed by atoms with Crippen LogP contribution >= 0.6 is 0 Å². The van der Waals surface area contributed by atoms with Crippen molar-refractivity contribution in [3.63, 3.8) is 0 Å². The van der Waals surface area contributed by atoms with Crippen molar-refractivity contribution in [3.05, 3.63) is 50.3 Å². The molecule has 10 nitrogen and oxygen atoms in total. The van der Waals surface area contributed by atoms with Gasteiger partial charge >= 0.3 is 11.4 Å². The number of nitro groups is 2. The van der Waals surface area contributed by atoms with Gasteiger partial charge in [-0.2, -0.15) is 0 Å². The molecule has 0 aliphatic rings. The lowest BCUT2D eigenvalue weighted by atomic mass is 10.1. The zero-order valence-corrected chi connectivity index (χ0v) is 10.3. The number of rotatable bonds is 5. The number of methoxy groups -OCH3 is 1. The van der Waals surface area contributed by atoms with Crippen molar-refractivity contribution in [2.75, 3.05) is 7.11 Å². The van der Waals surface area contributed by atoms with Gasteiger partial charge < -0.3 is 4.74 Å². The van der Waals surface area contributed by atoms with Gasteiger partial charge in [-0.15, -0.1) is 5.10 Å². The van der Waals surface area contributed by atoms with Crippen molar-refractivity contribution in [1.29, 1.82) is 0 Å². The standard InChI is InChI=1S/C10H9N5O5/c1-20-10-8(14(16)17)4-7(5-9(10)15(18)19)6-13-3-2-11-12-13/h2-5H,6H2,1H3. The first-order valence-electron chi connectivity index (χ1n) is 5.36. The summed E-state index contributed by atoms with van der Waals surface area (Å²) in [7, 11) is 1.15. The summed E-state index contributed by atoms with van der Waals surface area (Å²) >= 11 is 0. The molecule has 0 saturated carbocycles. The molecule has 1 heterocycles. The highest BCUT2D eigenvalue weighted by molar-refractivity contribution is 5.62. The minimum Gasteiger partial charge on any atom is -0.485 e. The molecule has 0 bridgehead atoms. The summed E-state index contributed by atoms with van der Waals surface area (Å²) in [5.41, 5.74) is -0.566. The second-order valence-corrected chi connectivity index (χ2v) is 3.78. The van der Waals surface area contributed by atoms with E-state index in [1.54, 1.807) is 6.20 Å². The molecule has 1 aromatic heterocycles. The van der Waals surface area contributed by atoms with Gasteiger partial charge in [0.05, 0.1) is 29.7 Å². The third kappa shape index (κ3) is 2.53. The number of aromatic nitrogens is 3. The third-order valence-corrected chi connectivity index (χ3v) is 2.52. The van der Waals surface area contributed by atoms with Crippen molar-refractivity contribution in [3.8, 4) is 5.75 Å². The smallest absolute Gasteiger partial charge is 0.318 e. The van der Waals surface area contributed by atoms with E-state index in [0.29, 0.717) is 5.56 Å². The van der Waals surface area contributed by atoms with E-state index in [2.05, 4.69) is 10.3 Å². The van der Waals surface area contributed by atoms with Crippen molar-refractivity contribution >= 4 is 11.4 Å². The monoisotopic (exact) mass is 279 g/mol. The van der Waals surface area contributed by atoms with Gasteiger partial charge in [-0.1, -0.05) is 5.21 Å². The van der Waals surface area contributed by atoms with Gasteiger partial charge in [-0.3, -0.25) is 20.2 Å². The Bertz CT molecular complexity index is 619. The molecule has 2 rings (SSSR count). The Balaban J connectivity index is 2.53. The van der Waals surface area contributed by atoms with Crippen LogP contribution < -0.4 is 4.74 Å². The molecule has 104 valence electrons. The highest BCUT2D eigenvalue weighted by Gasteiger charge is 2.27. The molecule has 0 amide bonds. The van der Waals surface area contributed by atoms with E-state index >= 15 is 0 Å². The Hall–Kier alpha value is -3.04. The predicted octanol–water partition coefficient (Wildman–Crippen LogP) is 1.15. The summed E-state index contributed by atoms with van der Waals surface area (Å²) in [6, 6.07) is 2.43. The fraction of sp³-hybridized carbons (Fsp3) is 0.200. The fourth-order valence-corrected chi connectivity index (χ4v) is 1.73. The second kappa shape index (κ2) is 5.30. The third-order valence-electron chi connectivity index (χ3n) is 2.52. The zero-order valence-electron chi connectivity index (χ0n) is 10.3. The molecular formula is C10H9N5O5. The van der Waals surface area contributed by atoms with Crippen LogP contribution in [-0.4, -0.2) is 32.0 Å². The fourth-order valence-electron chi connectivity index (χ4n) is 1.73. The maximum atomic E-state index is 11.0. The molecular weight excluding hydrogens is 270 g/mol. The average Bonchev–Trinajstić information content (AvgIpc) is 2.90. The number of nitrogens with zero attached hydrogens (tertiary/aromatic N) is 5. The molecule has 0 saturated heterocycles. The van der Waals surface area contributed by atoms with E-state index in [-0.39, 0.29) is 12.3 Å². The van der Waals surface area contributed by atoms with E-state index in [4.69, 9.17) is 4.74 Å². The molecule has 0 aliphatic heterocycles. The summed E-state index contributed by atoms with van der Waals surface area (Å²) in [4.78, 5) is 20.5. The highest BCUT2D eigenvalue weighted by atomic mass is 16.6. The lowest BCUT2D eigenvalue weighted by molar-refractivity contribution is -0.395. The SMILES string of the molecule is COc1c([N+](=O)[O-])cc(Cn2ccnn2)cc1[N+](=O)[O-]. The number of hydrogen-bond acceptors (Lipinski definition) is 7. The lowest BCUT2D eigenvalue weighted by Gasteiger charge is -2.06. The summed E-state index contributed by atoms with van der Waals surface area (Å²) in [5, 5.41) is 29.2. The van der Waals surface area contributed by atoms with Crippen LogP contribution in [0.15, 0.2) is 24.5 Å². The first kappa shape index (κ1) is 13.4. The Kier molecular flexibility index (Phi) is 3.55. The van der Waals surface area contributed by atoms with Crippen LogP contribution in [0.5, 0.6) is 5.75 Å². The van der Waals surface area contributed by atoms with Crippen molar-refractivity contribution in [2.45, 2.75) is 6.54 Å². The topological polar surface area (TPSA) is 126 Å². The van der Waals surface area contributed by atoms with Crippen LogP contribution in [0.1, 0.15) is 5.56 Å². The molecule has 10 heteroatoms. The van der Waals surface area contributed by atoms with Gasteiger partial charge in [-0.05, 0) is 5.56 Å². The molecule has 0 atom stereocenters. The lowest BCUT2D eigenvalue weighted by Crippen LogP contribution is -2.04. The highest BCUT2D eigenvalue weighted by Crippen LogP contribution is 2.37. The minimum absolute atomic E-state index is 0.131. The van der Waals surface area contributed by atoms with Gasteiger partial charge in [0.2, 0.25) is 0 Å². The van der Waals surface area contributed by atoms with Gasteiger partial charge in [0, 0.05) is 18.3 Å².